The van der Waals surface area contributed by atoms with E-state index in [0.29, 0.717) is 37.6 Å². The molecule has 2 aromatic carbocycles. The lowest BCUT2D eigenvalue weighted by atomic mass is 9.89. The lowest BCUT2D eigenvalue weighted by Gasteiger charge is -2.35. The number of fused-ring (bicyclic) bond motifs is 1. The molecule has 0 N–H and O–H groups in total. The summed E-state index contributed by atoms with van der Waals surface area (Å²) in [6.45, 7) is 4.16. The van der Waals surface area contributed by atoms with Crippen LogP contribution in [0, 0.1) is 6.92 Å². The van der Waals surface area contributed by atoms with Crippen LogP contribution in [0.1, 0.15) is 80.1 Å². The predicted molar refractivity (Wildman–Crippen MR) is 159 cm³/mol. The number of unbranched alkanes of at least 4 members (excludes halogenated alkanes) is 4. The Labute approximate surface area is 256 Å². The Bertz CT molecular complexity index is 1520. The van der Waals surface area contributed by atoms with Crippen LogP contribution in [0.5, 0.6) is 5.75 Å². The fourth-order valence-corrected chi connectivity index (χ4v) is 6.48. The van der Waals surface area contributed by atoms with Crippen molar-refractivity contribution in [1.82, 2.24) is 19.8 Å². The molecule has 238 valence electrons. The summed E-state index contributed by atoms with van der Waals surface area (Å²) in [6, 6.07) is 14.8. The minimum absolute atomic E-state index is 0.180. The van der Waals surface area contributed by atoms with Gasteiger partial charge in [-0.1, -0.05) is 49.1 Å². The Balaban J connectivity index is 0.965. The van der Waals surface area contributed by atoms with Gasteiger partial charge in [0.25, 0.3) is 15.9 Å². The molecular formula is C31H38F3N5O4S. The number of benzene rings is 2. The number of halogens is 3. The second-order valence-electron chi connectivity index (χ2n) is 11.3. The van der Waals surface area contributed by atoms with E-state index in [4.69, 9.17) is 8.92 Å². The topological polar surface area (TPSA) is 98.9 Å². The third-order valence-electron chi connectivity index (χ3n) is 8.06. The number of nitrogens with zero attached hydrogens (tertiary/aromatic N) is 5. The van der Waals surface area contributed by atoms with Crippen molar-refractivity contribution in [2.24, 2.45) is 5.10 Å². The molecule has 0 atom stereocenters. The zero-order chi connectivity index (χ0) is 31.2. The number of aryl methyl sites for hydroxylation is 2. The number of alkyl halides is 3. The number of piperidine rings is 1. The van der Waals surface area contributed by atoms with Gasteiger partial charge in [-0.2, -0.15) is 31.4 Å². The van der Waals surface area contributed by atoms with Crippen molar-refractivity contribution in [2.45, 2.75) is 81.7 Å². The Morgan fingerprint density at radius 2 is 1.52 bits per heavy atom. The molecule has 44 heavy (non-hydrogen) atoms. The highest BCUT2D eigenvalue weighted by Crippen LogP contribution is 2.32. The molecule has 5 rings (SSSR count). The first-order chi connectivity index (χ1) is 21.1. The largest absolute Gasteiger partial charge is 0.494 e. The maximum Gasteiger partial charge on any atom is 0.453 e. The molecule has 3 heterocycles. The molecule has 0 bridgehead atoms. The maximum absolute atomic E-state index is 13.2. The smallest absolute Gasteiger partial charge is 0.453 e. The van der Waals surface area contributed by atoms with E-state index in [1.807, 2.05) is 19.1 Å². The Kier molecular flexibility index (Phi) is 10.2. The highest BCUT2D eigenvalue weighted by Gasteiger charge is 2.40. The first kappa shape index (κ1) is 32.0. The highest BCUT2D eigenvalue weighted by molar-refractivity contribution is 7.86. The van der Waals surface area contributed by atoms with Crippen molar-refractivity contribution in [3.8, 4) is 5.75 Å². The Morgan fingerprint density at radius 3 is 2.20 bits per heavy atom. The van der Waals surface area contributed by atoms with Gasteiger partial charge >= 0.3 is 6.18 Å². The van der Waals surface area contributed by atoms with Gasteiger partial charge in [0.15, 0.2) is 5.82 Å². The summed E-state index contributed by atoms with van der Waals surface area (Å²) in [5, 5.41) is 11.2. The van der Waals surface area contributed by atoms with E-state index in [2.05, 4.69) is 32.3 Å². The van der Waals surface area contributed by atoms with Crippen molar-refractivity contribution in [1.29, 1.82) is 0 Å². The van der Waals surface area contributed by atoms with Gasteiger partial charge < -0.3 is 9.64 Å². The van der Waals surface area contributed by atoms with E-state index in [9.17, 15) is 21.6 Å². The number of hydrogen-bond donors (Lipinski definition) is 0. The van der Waals surface area contributed by atoms with Crippen LogP contribution in [0.25, 0.3) is 0 Å². The van der Waals surface area contributed by atoms with E-state index < -0.39 is 22.1 Å². The van der Waals surface area contributed by atoms with Crippen molar-refractivity contribution in [2.75, 3.05) is 26.3 Å². The quantitative estimate of drug-likeness (QED) is 0.170. The average Bonchev–Trinajstić information content (AvgIpc) is 3.45. The van der Waals surface area contributed by atoms with E-state index in [-0.39, 0.29) is 17.3 Å². The van der Waals surface area contributed by atoms with E-state index in [1.165, 1.54) is 5.56 Å². The fourth-order valence-electron chi connectivity index (χ4n) is 5.53. The normalized spacial score (nSPS) is 16.1. The highest BCUT2D eigenvalue weighted by atomic mass is 32.2. The Morgan fingerprint density at radius 1 is 0.864 bits per heavy atom. The SMILES string of the molecule is Cc1ccc(S(=O)(=O)OCCCCCCCOc2ccc(C3CCN(C4=Nn5c(nnc5C(F)(F)F)CC4)CC3)cc2)cc1. The Hall–Kier alpha value is -3.45. The summed E-state index contributed by atoms with van der Waals surface area (Å²) >= 11 is 0. The first-order valence-electron chi connectivity index (χ1n) is 15.1. The van der Waals surface area contributed by atoms with Crippen molar-refractivity contribution in [3.63, 3.8) is 0 Å². The third kappa shape index (κ3) is 8.17. The van der Waals surface area contributed by atoms with Crippen LogP contribution < -0.4 is 4.74 Å². The lowest BCUT2D eigenvalue weighted by Crippen LogP contribution is -2.40. The molecule has 0 amide bonds. The van der Waals surface area contributed by atoms with Crippen LogP contribution >= 0.6 is 0 Å². The number of likely N-dealkylation sites (tertiary alicyclic amines) is 1. The minimum atomic E-state index is -4.59. The predicted octanol–water partition coefficient (Wildman–Crippen LogP) is 6.33. The van der Waals surface area contributed by atoms with E-state index in [1.54, 1.807) is 24.3 Å². The van der Waals surface area contributed by atoms with E-state index in [0.717, 1.165) is 67.6 Å². The number of hydrogen-bond acceptors (Lipinski definition) is 8. The molecule has 2 aliphatic rings. The van der Waals surface area contributed by atoms with Gasteiger partial charge in [-0.05, 0) is 68.4 Å². The first-order valence-corrected chi connectivity index (χ1v) is 16.5. The number of rotatable bonds is 12. The molecule has 0 aliphatic carbocycles. The van der Waals surface area contributed by atoms with Gasteiger partial charge in [0, 0.05) is 25.9 Å². The summed E-state index contributed by atoms with van der Waals surface area (Å²) in [5.41, 5.74) is 2.23. The summed E-state index contributed by atoms with van der Waals surface area (Å²) in [5.74, 6) is 1.02. The molecular weight excluding hydrogens is 595 g/mol. The average molecular weight is 634 g/mol. The van der Waals surface area contributed by atoms with Crippen LogP contribution in [-0.2, 0) is 26.9 Å². The molecule has 1 fully saturated rings. The molecule has 2 aliphatic heterocycles. The molecule has 3 aromatic rings. The van der Waals surface area contributed by atoms with Crippen LogP contribution in [0.15, 0.2) is 58.5 Å². The van der Waals surface area contributed by atoms with Crippen LogP contribution in [0.4, 0.5) is 13.2 Å². The second-order valence-corrected chi connectivity index (χ2v) is 12.9. The monoisotopic (exact) mass is 633 g/mol. The van der Waals surface area contributed by atoms with Crippen molar-refractivity contribution in [3.05, 3.63) is 71.3 Å². The van der Waals surface area contributed by atoms with Crippen molar-refractivity contribution < 1.29 is 30.5 Å². The van der Waals surface area contributed by atoms with E-state index >= 15 is 0 Å². The van der Waals surface area contributed by atoms with Crippen molar-refractivity contribution >= 4 is 16.0 Å². The number of ether oxygens (including phenoxy) is 1. The minimum Gasteiger partial charge on any atom is -0.494 e. The van der Waals surface area contributed by atoms with Gasteiger partial charge in [0.05, 0.1) is 18.1 Å². The van der Waals surface area contributed by atoms with Crippen LogP contribution in [-0.4, -0.2) is 60.3 Å². The van der Waals surface area contributed by atoms with Gasteiger partial charge in [0.2, 0.25) is 0 Å². The van der Waals surface area contributed by atoms with Crippen LogP contribution in [0.3, 0.4) is 0 Å². The molecule has 1 saturated heterocycles. The lowest BCUT2D eigenvalue weighted by molar-refractivity contribution is -0.147. The molecule has 1 aromatic heterocycles. The summed E-state index contributed by atoms with van der Waals surface area (Å²) in [7, 11) is -3.70. The van der Waals surface area contributed by atoms with Gasteiger partial charge in [-0.15, -0.1) is 10.2 Å². The van der Waals surface area contributed by atoms with Gasteiger partial charge in [-0.3, -0.25) is 4.18 Å². The molecule has 9 nitrogen and oxygen atoms in total. The second kappa shape index (κ2) is 14.1. The van der Waals surface area contributed by atoms with Crippen LogP contribution in [0.2, 0.25) is 0 Å². The number of aromatic nitrogens is 3. The number of amidine groups is 1. The third-order valence-corrected chi connectivity index (χ3v) is 9.39. The fraction of sp³-hybridized carbons (Fsp3) is 0.516. The zero-order valence-electron chi connectivity index (χ0n) is 24.8. The van der Waals surface area contributed by atoms with Gasteiger partial charge in [0.1, 0.15) is 11.6 Å². The molecule has 0 saturated carbocycles. The van der Waals surface area contributed by atoms with Gasteiger partial charge in [-0.25, -0.2) is 0 Å². The maximum atomic E-state index is 13.2. The molecule has 13 heteroatoms. The zero-order valence-corrected chi connectivity index (χ0v) is 25.6. The summed E-state index contributed by atoms with van der Waals surface area (Å²) < 4.78 is 76.1. The molecule has 0 spiro atoms. The summed E-state index contributed by atoms with van der Waals surface area (Å²) in [4.78, 5) is 2.27. The standard InChI is InChI=1S/C31H38F3N5O4S/c1-23-7-13-27(14-8-23)44(40,41)43-22-6-4-2-3-5-21-42-26-11-9-24(10-12-26)25-17-19-38(20-18-25)29-16-15-28-35-36-30(31(32,33)34)39(28)37-29/h7-14,25H,2-6,15-22H2,1H3. The summed E-state index contributed by atoms with van der Waals surface area (Å²) in [6.07, 6.45) is 2.59. The molecule has 0 unspecified atom stereocenters. The molecule has 0 radical (unpaired) electrons.